The second-order valence-electron chi connectivity index (χ2n) is 5.08. The third kappa shape index (κ3) is 4.73. The molecule has 0 radical (unpaired) electrons. The Hall–Kier alpha value is -2.08. The maximum Gasteiger partial charge on any atom is 0.325 e. The van der Waals surface area contributed by atoms with E-state index in [9.17, 15) is 18.0 Å². The molecule has 1 aliphatic rings. The first-order valence-electron chi connectivity index (χ1n) is 6.82. The fraction of sp³-hybridized carbons (Fsp3) is 0.615. The first-order valence-corrected chi connectivity index (χ1v) is 8.64. The Morgan fingerprint density at radius 3 is 2.59 bits per heavy atom. The molecule has 0 aromatic heterocycles. The van der Waals surface area contributed by atoms with E-state index in [2.05, 4.69) is 5.32 Å². The predicted octanol–water partition coefficient (Wildman–Crippen LogP) is -0.508. The number of sulfone groups is 1. The number of nitrogens with one attached hydrogen (secondary N) is 1. The van der Waals surface area contributed by atoms with Gasteiger partial charge in [0.15, 0.2) is 9.84 Å². The van der Waals surface area contributed by atoms with Crippen LogP contribution in [0, 0.1) is 11.3 Å². The van der Waals surface area contributed by atoms with Crippen LogP contribution in [0.4, 0.5) is 0 Å². The molecule has 8 nitrogen and oxygen atoms in total. The van der Waals surface area contributed by atoms with Gasteiger partial charge in [-0.05, 0) is 20.3 Å². The summed E-state index contributed by atoms with van der Waals surface area (Å²) < 4.78 is 23.0. The average molecular weight is 329 g/mol. The molecule has 1 amide bonds. The van der Waals surface area contributed by atoms with Gasteiger partial charge in [-0.15, -0.1) is 0 Å². The van der Waals surface area contributed by atoms with Crippen molar-refractivity contribution in [1.29, 1.82) is 5.26 Å². The van der Waals surface area contributed by atoms with Crippen LogP contribution in [0.15, 0.2) is 11.8 Å². The smallest absolute Gasteiger partial charge is 0.325 e. The van der Waals surface area contributed by atoms with Gasteiger partial charge in [0.1, 0.15) is 17.7 Å². The Bertz CT molecular complexity index is 620. The van der Waals surface area contributed by atoms with Gasteiger partial charge in [0, 0.05) is 18.8 Å². The highest BCUT2D eigenvalue weighted by Crippen LogP contribution is 2.18. The monoisotopic (exact) mass is 329 g/mol. The van der Waals surface area contributed by atoms with E-state index in [1.165, 1.54) is 13.1 Å². The summed E-state index contributed by atoms with van der Waals surface area (Å²) in [6, 6.07) is 0.326. The quantitative estimate of drug-likeness (QED) is 0.496. The van der Waals surface area contributed by atoms with E-state index in [1.54, 1.807) is 17.9 Å². The van der Waals surface area contributed by atoms with Crippen molar-refractivity contribution in [3.8, 4) is 6.07 Å². The highest BCUT2D eigenvalue weighted by atomic mass is 32.2. The molecule has 0 aromatic carbocycles. The highest BCUT2D eigenvalue weighted by Gasteiger charge is 2.31. The van der Waals surface area contributed by atoms with Crippen LogP contribution in [0.25, 0.3) is 0 Å². The maximum atomic E-state index is 11.9. The summed E-state index contributed by atoms with van der Waals surface area (Å²) in [6.45, 7) is 3.51. The van der Waals surface area contributed by atoms with Gasteiger partial charge in [-0.25, -0.2) is 8.42 Å². The lowest BCUT2D eigenvalue weighted by atomic mass is 10.2. The molecular weight excluding hydrogens is 310 g/mol. The summed E-state index contributed by atoms with van der Waals surface area (Å²) >= 11 is 0. The minimum atomic E-state index is -3.08. The summed E-state index contributed by atoms with van der Waals surface area (Å²) in [5.74, 6) is -1.92. The van der Waals surface area contributed by atoms with Crippen LogP contribution >= 0.6 is 0 Å². The molecule has 0 bridgehead atoms. The number of nitriles is 1. The van der Waals surface area contributed by atoms with E-state index in [1.807, 2.05) is 0 Å². The SMILES string of the molecule is CCN(/C=C(/C#N)C(=O)NC(C)C(=O)O)C1CCS(=O)(=O)C1. The molecule has 0 aromatic rings. The largest absolute Gasteiger partial charge is 0.480 e. The molecule has 1 fully saturated rings. The van der Waals surface area contributed by atoms with Gasteiger partial charge in [-0.1, -0.05) is 0 Å². The lowest BCUT2D eigenvalue weighted by molar-refractivity contribution is -0.140. The molecule has 2 N–H and O–H groups in total. The third-order valence-electron chi connectivity index (χ3n) is 3.42. The first-order chi connectivity index (χ1) is 10.2. The van der Waals surface area contributed by atoms with Gasteiger partial charge in [0.05, 0.1) is 11.5 Å². The highest BCUT2D eigenvalue weighted by molar-refractivity contribution is 7.91. The maximum absolute atomic E-state index is 11.9. The molecule has 1 aliphatic heterocycles. The molecular formula is C13H19N3O5S. The number of nitrogens with zero attached hydrogens (tertiary/aromatic N) is 2. The van der Waals surface area contributed by atoms with Gasteiger partial charge in [0.25, 0.3) is 5.91 Å². The van der Waals surface area contributed by atoms with Crippen molar-refractivity contribution >= 4 is 21.7 Å². The molecule has 1 rings (SSSR count). The molecule has 1 heterocycles. The average Bonchev–Trinajstić information content (AvgIpc) is 2.79. The number of carbonyl (C=O) groups is 2. The van der Waals surface area contributed by atoms with Crippen LogP contribution in [0.3, 0.4) is 0 Å². The van der Waals surface area contributed by atoms with Crippen LogP contribution in [0.2, 0.25) is 0 Å². The topological polar surface area (TPSA) is 128 Å². The van der Waals surface area contributed by atoms with Gasteiger partial charge < -0.3 is 15.3 Å². The van der Waals surface area contributed by atoms with Crippen molar-refractivity contribution in [3.63, 3.8) is 0 Å². The second kappa shape index (κ2) is 7.26. The Morgan fingerprint density at radius 2 is 2.18 bits per heavy atom. The molecule has 0 spiro atoms. The fourth-order valence-corrected chi connectivity index (χ4v) is 3.87. The lowest BCUT2D eigenvalue weighted by Gasteiger charge is -2.25. The summed E-state index contributed by atoms with van der Waals surface area (Å²) in [5, 5.41) is 20.0. The molecule has 0 aliphatic carbocycles. The molecule has 0 saturated carbocycles. The molecule has 2 unspecified atom stereocenters. The number of carbonyl (C=O) groups excluding carboxylic acids is 1. The molecule has 2 atom stereocenters. The molecule has 9 heteroatoms. The van der Waals surface area contributed by atoms with Gasteiger partial charge in [0.2, 0.25) is 0 Å². The normalized spacial score (nSPS) is 21.7. The number of hydrogen-bond acceptors (Lipinski definition) is 6. The third-order valence-corrected chi connectivity index (χ3v) is 5.17. The van der Waals surface area contributed by atoms with E-state index < -0.39 is 27.8 Å². The van der Waals surface area contributed by atoms with Crippen LogP contribution < -0.4 is 5.32 Å². The van der Waals surface area contributed by atoms with Gasteiger partial charge in [-0.3, -0.25) is 9.59 Å². The van der Waals surface area contributed by atoms with Crippen molar-refractivity contribution in [2.75, 3.05) is 18.1 Å². The minimum absolute atomic E-state index is 0.0107. The van der Waals surface area contributed by atoms with Crippen molar-refractivity contribution < 1.29 is 23.1 Å². The Balaban J connectivity index is 2.87. The second-order valence-corrected chi connectivity index (χ2v) is 7.30. The number of rotatable bonds is 6. The fourth-order valence-electron chi connectivity index (χ4n) is 2.13. The zero-order valence-electron chi connectivity index (χ0n) is 12.4. The summed E-state index contributed by atoms with van der Waals surface area (Å²) in [5.41, 5.74) is -0.251. The zero-order valence-corrected chi connectivity index (χ0v) is 13.3. The Labute approximate surface area is 129 Å². The summed E-state index contributed by atoms with van der Waals surface area (Å²) in [7, 11) is -3.08. The minimum Gasteiger partial charge on any atom is -0.480 e. The van der Waals surface area contributed by atoms with E-state index in [0.717, 1.165) is 0 Å². The van der Waals surface area contributed by atoms with Crippen LogP contribution in [-0.2, 0) is 19.4 Å². The number of carboxylic acid groups (broad SMARTS) is 1. The van der Waals surface area contributed by atoms with Crippen molar-refractivity contribution in [2.24, 2.45) is 0 Å². The lowest BCUT2D eigenvalue weighted by Crippen LogP contribution is -2.40. The first kappa shape index (κ1) is 18.0. The zero-order chi connectivity index (χ0) is 16.9. The Kier molecular flexibility index (Phi) is 5.93. The van der Waals surface area contributed by atoms with Crippen molar-refractivity contribution in [3.05, 3.63) is 11.8 Å². The predicted molar refractivity (Wildman–Crippen MR) is 78.4 cm³/mol. The summed E-state index contributed by atoms with van der Waals surface area (Å²) in [6.07, 6.45) is 1.74. The van der Waals surface area contributed by atoms with Crippen molar-refractivity contribution in [2.45, 2.75) is 32.4 Å². The standard InChI is InChI=1S/C13H19N3O5S/c1-3-16(11-4-5-22(20,21)8-11)7-10(6-14)12(17)15-9(2)13(18)19/h7,9,11H,3-5,8H2,1-2H3,(H,15,17)(H,18,19)/b10-7-. The van der Waals surface area contributed by atoms with E-state index >= 15 is 0 Å². The van der Waals surface area contributed by atoms with Crippen LogP contribution in [-0.4, -0.2) is 60.4 Å². The van der Waals surface area contributed by atoms with Gasteiger partial charge in [-0.2, -0.15) is 5.26 Å². The van der Waals surface area contributed by atoms with Crippen LogP contribution in [0.5, 0.6) is 0 Å². The van der Waals surface area contributed by atoms with Gasteiger partial charge >= 0.3 is 5.97 Å². The molecule has 122 valence electrons. The van der Waals surface area contributed by atoms with E-state index in [-0.39, 0.29) is 23.1 Å². The Morgan fingerprint density at radius 1 is 1.55 bits per heavy atom. The number of carboxylic acids is 1. The number of hydrogen-bond donors (Lipinski definition) is 2. The van der Waals surface area contributed by atoms with E-state index in [4.69, 9.17) is 10.4 Å². The molecule has 22 heavy (non-hydrogen) atoms. The van der Waals surface area contributed by atoms with Crippen LogP contribution in [0.1, 0.15) is 20.3 Å². The number of aliphatic carboxylic acids is 1. The van der Waals surface area contributed by atoms with Crippen molar-refractivity contribution in [1.82, 2.24) is 10.2 Å². The number of amides is 1. The summed E-state index contributed by atoms with van der Waals surface area (Å²) in [4.78, 5) is 24.2. The van der Waals surface area contributed by atoms with E-state index in [0.29, 0.717) is 13.0 Å². The molecule has 1 saturated heterocycles.